The van der Waals surface area contributed by atoms with Crippen LogP contribution in [0, 0.1) is 17.8 Å². The molecule has 19 heavy (non-hydrogen) atoms. The summed E-state index contributed by atoms with van der Waals surface area (Å²) in [7, 11) is -3.21. The molecule has 102 valence electrons. The summed E-state index contributed by atoms with van der Waals surface area (Å²) in [4.78, 5) is 24.9. The molecule has 3 rings (SSSR count). The number of sulfone groups is 1. The van der Waals surface area contributed by atoms with Gasteiger partial charge >= 0.3 is 0 Å². The van der Waals surface area contributed by atoms with Gasteiger partial charge in [-0.1, -0.05) is 5.57 Å². The van der Waals surface area contributed by atoms with Crippen molar-refractivity contribution >= 4 is 21.4 Å². The van der Waals surface area contributed by atoms with Crippen LogP contribution in [0.4, 0.5) is 0 Å². The molecule has 0 unspecified atom stereocenters. The molecular weight excluding hydrogens is 264 g/mol. The lowest BCUT2D eigenvalue weighted by Gasteiger charge is -2.37. The predicted molar refractivity (Wildman–Crippen MR) is 70.0 cm³/mol. The first kappa shape index (κ1) is 12.8. The molecule has 0 N–H and O–H groups in total. The van der Waals surface area contributed by atoms with Crippen LogP contribution in [0.2, 0.25) is 0 Å². The zero-order valence-electron chi connectivity index (χ0n) is 11.0. The third kappa shape index (κ3) is 1.67. The molecule has 2 aliphatic carbocycles. The minimum absolute atomic E-state index is 0.0233. The van der Waals surface area contributed by atoms with Crippen LogP contribution in [-0.4, -0.2) is 25.7 Å². The molecule has 0 aromatic heterocycles. The molecule has 1 heterocycles. The van der Waals surface area contributed by atoms with Crippen LogP contribution < -0.4 is 0 Å². The number of rotatable bonds is 0. The molecule has 3 aliphatic rings. The highest BCUT2D eigenvalue weighted by Gasteiger charge is 2.51. The Labute approximate surface area is 112 Å². The van der Waals surface area contributed by atoms with Crippen LogP contribution in [0.5, 0.6) is 0 Å². The molecule has 4 nitrogen and oxygen atoms in total. The molecule has 1 fully saturated rings. The molecule has 5 heteroatoms. The summed E-state index contributed by atoms with van der Waals surface area (Å²) in [6.07, 6.45) is 2.30. The van der Waals surface area contributed by atoms with E-state index in [9.17, 15) is 18.0 Å². The Morgan fingerprint density at radius 2 is 1.84 bits per heavy atom. The topological polar surface area (TPSA) is 68.3 Å². The standard InChI is InChI=1S/C14H16O4S/c1-7-6-11(15)10-5-8(2)14-9(12(10)13(7)16)3-4-19(14,17)18/h6,9-10,12H,3-5H2,1-2H3/t9-,10+,12+/m1/s1. The van der Waals surface area contributed by atoms with E-state index in [0.717, 1.165) is 5.57 Å². The minimum atomic E-state index is -3.21. The van der Waals surface area contributed by atoms with Crippen LogP contribution in [0.25, 0.3) is 0 Å². The molecule has 3 atom stereocenters. The van der Waals surface area contributed by atoms with E-state index in [1.807, 2.05) is 0 Å². The van der Waals surface area contributed by atoms with E-state index in [-0.39, 0.29) is 29.2 Å². The minimum Gasteiger partial charge on any atom is -0.294 e. The lowest BCUT2D eigenvalue weighted by atomic mass is 9.65. The average Bonchev–Trinajstić information content (AvgIpc) is 2.63. The fourth-order valence-electron chi connectivity index (χ4n) is 3.81. The monoisotopic (exact) mass is 280 g/mol. The average molecular weight is 280 g/mol. The van der Waals surface area contributed by atoms with Gasteiger partial charge in [0.25, 0.3) is 0 Å². The van der Waals surface area contributed by atoms with Gasteiger partial charge in [-0.2, -0.15) is 0 Å². The van der Waals surface area contributed by atoms with Crippen LogP contribution in [0.15, 0.2) is 22.1 Å². The maximum atomic E-state index is 12.3. The van der Waals surface area contributed by atoms with Gasteiger partial charge in [0.15, 0.2) is 21.4 Å². The fourth-order valence-corrected chi connectivity index (χ4v) is 5.94. The first-order valence-electron chi connectivity index (χ1n) is 6.51. The SMILES string of the molecule is CC1=CC(=O)[C@@H]2CC(C)=C3[C@H](CCS3(=O)=O)[C@@H]2C1=O. The lowest BCUT2D eigenvalue weighted by Crippen LogP contribution is -2.41. The van der Waals surface area contributed by atoms with Gasteiger partial charge in [0, 0.05) is 22.7 Å². The van der Waals surface area contributed by atoms with Gasteiger partial charge in [-0.05, 0) is 38.3 Å². The number of ketones is 2. The van der Waals surface area contributed by atoms with Crippen molar-refractivity contribution in [3.8, 4) is 0 Å². The van der Waals surface area contributed by atoms with E-state index in [4.69, 9.17) is 0 Å². The summed E-state index contributed by atoms with van der Waals surface area (Å²) in [6.45, 7) is 3.43. The summed E-state index contributed by atoms with van der Waals surface area (Å²) in [5.41, 5.74) is 1.24. The van der Waals surface area contributed by atoms with Gasteiger partial charge < -0.3 is 0 Å². The highest BCUT2D eigenvalue weighted by Crippen LogP contribution is 2.49. The Morgan fingerprint density at radius 1 is 1.16 bits per heavy atom. The molecule has 0 radical (unpaired) electrons. The van der Waals surface area contributed by atoms with E-state index in [1.165, 1.54) is 6.08 Å². The second-order valence-electron chi connectivity index (χ2n) is 5.79. The number of carbonyl (C=O) groups is 2. The number of Topliss-reactive ketones (excluding diaryl/α,β-unsaturated/α-hetero) is 1. The zero-order valence-corrected chi connectivity index (χ0v) is 11.8. The zero-order chi connectivity index (χ0) is 13.9. The second kappa shape index (κ2) is 3.88. The van der Waals surface area contributed by atoms with Crippen molar-refractivity contribution in [3.63, 3.8) is 0 Å². The predicted octanol–water partition coefficient (Wildman–Crippen LogP) is 1.43. The number of hydrogen-bond donors (Lipinski definition) is 0. The van der Waals surface area contributed by atoms with E-state index in [0.29, 0.717) is 23.3 Å². The Bertz CT molecular complexity index is 651. The third-order valence-corrected chi connectivity index (χ3v) is 6.69. The molecule has 1 saturated heterocycles. The van der Waals surface area contributed by atoms with Gasteiger partial charge in [-0.15, -0.1) is 0 Å². The first-order chi connectivity index (χ1) is 8.83. The van der Waals surface area contributed by atoms with Crippen LogP contribution >= 0.6 is 0 Å². The van der Waals surface area contributed by atoms with E-state index >= 15 is 0 Å². The quantitative estimate of drug-likeness (QED) is 0.673. The Balaban J connectivity index is 2.16. The molecule has 0 bridgehead atoms. The van der Waals surface area contributed by atoms with Crippen molar-refractivity contribution in [2.24, 2.45) is 17.8 Å². The summed E-state index contributed by atoms with van der Waals surface area (Å²) >= 11 is 0. The van der Waals surface area contributed by atoms with Crippen molar-refractivity contribution in [2.75, 3.05) is 5.75 Å². The summed E-state index contributed by atoms with van der Waals surface area (Å²) < 4.78 is 24.2. The van der Waals surface area contributed by atoms with E-state index in [2.05, 4.69) is 0 Å². The molecule has 0 aromatic carbocycles. The fraction of sp³-hybridized carbons (Fsp3) is 0.571. The van der Waals surface area contributed by atoms with Crippen LogP contribution in [0.1, 0.15) is 26.7 Å². The Kier molecular flexibility index (Phi) is 2.61. The molecule has 0 saturated carbocycles. The number of carbonyl (C=O) groups excluding carboxylic acids is 2. The maximum Gasteiger partial charge on any atom is 0.174 e. The summed E-state index contributed by atoms with van der Waals surface area (Å²) in [6, 6.07) is 0. The first-order valence-corrected chi connectivity index (χ1v) is 8.17. The van der Waals surface area contributed by atoms with E-state index in [1.54, 1.807) is 13.8 Å². The Morgan fingerprint density at radius 3 is 2.53 bits per heavy atom. The number of hydrogen-bond acceptors (Lipinski definition) is 4. The summed E-state index contributed by atoms with van der Waals surface area (Å²) in [5, 5.41) is 0. The normalized spacial score (nSPS) is 36.9. The second-order valence-corrected chi connectivity index (χ2v) is 7.87. The van der Waals surface area contributed by atoms with E-state index < -0.39 is 15.8 Å². The smallest absolute Gasteiger partial charge is 0.174 e. The molecule has 0 aromatic rings. The van der Waals surface area contributed by atoms with Gasteiger partial charge in [0.05, 0.1) is 5.75 Å². The van der Waals surface area contributed by atoms with Gasteiger partial charge in [0.1, 0.15) is 0 Å². The highest BCUT2D eigenvalue weighted by molar-refractivity contribution is 7.95. The maximum absolute atomic E-state index is 12.3. The molecule has 1 aliphatic heterocycles. The lowest BCUT2D eigenvalue weighted by molar-refractivity contribution is -0.131. The van der Waals surface area contributed by atoms with Crippen LogP contribution in [0.3, 0.4) is 0 Å². The third-order valence-electron chi connectivity index (χ3n) is 4.60. The van der Waals surface area contributed by atoms with Crippen molar-refractivity contribution in [2.45, 2.75) is 26.7 Å². The number of allylic oxidation sites excluding steroid dienone is 4. The molecular formula is C14H16O4S. The summed E-state index contributed by atoms with van der Waals surface area (Å²) in [5.74, 6) is -1.03. The van der Waals surface area contributed by atoms with Crippen molar-refractivity contribution in [3.05, 3.63) is 22.1 Å². The van der Waals surface area contributed by atoms with Gasteiger partial charge in [0.2, 0.25) is 0 Å². The highest BCUT2D eigenvalue weighted by atomic mass is 32.2. The van der Waals surface area contributed by atoms with Gasteiger partial charge in [-0.25, -0.2) is 8.42 Å². The van der Waals surface area contributed by atoms with Crippen LogP contribution in [-0.2, 0) is 19.4 Å². The number of fused-ring (bicyclic) bond motifs is 3. The van der Waals surface area contributed by atoms with Crippen molar-refractivity contribution in [1.82, 2.24) is 0 Å². The van der Waals surface area contributed by atoms with Gasteiger partial charge in [-0.3, -0.25) is 9.59 Å². The largest absolute Gasteiger partial charge is 0.294 e. The molecule has 0 spiro atoms. The van der Waals surface area contributed by atoms with Crippen molar-refractivity contribution < 1.29 is 18.0 Å². The van der Waals surface area contributed by atoms with Crippen molar-refractivity contribution in [1.29, 1.82) is 0 Å². The molecule has 0 amide bonds. The Hall–Kier alpha value is -1.23.